The second-order valence-corrected chi connectivity index (χ2v) is 4.85. The SMILES string of the molecule is CCCCN1CCCC1c1ccc(Cl)nc1. The van der Waals surface area contributed by atoms with Gasteiger partial charge in [-0.2, -0.15) is 0 Å². The molecule has 0 saturated carbocycles. The molecule has 0 spiro atoms. The van der Waals surface area contributed by atoms with Gasteiger partial charge in [-0.05, 0) is 44.0 Å². The molecule has 1 atom stereocenters. The molecule has 1 aliphatic rings. The molecule has 2 heterocycles. The number of likely N-dealkylation sites (tertiary alicyclic amines) is 1. The quantitative estimate of drug-likeness (QED) is 0.744. The van der Waals surface area contributed by atoms with Crippen molar-refractivity contribution < 1.29 is 0 Å². The summed E-state index contributed by atoms with van der Waals surface area (Å²) >= 11 is 5.81. The van der Waals surface area contributed by atoms with Crippen LogP contribution in [-0.4, -0.2) is 23.0 Å². The van der Waals surface area contributed by atoms with Gasteiger partial charge in [0.1, 0.15) is 5.15 Å². The summed E-state index contributed by atoms with van der Waals surface area (Å²) in [5.41, 5.74) is 1.32. The van der Waals surface area contributed by atoms with Crippen LogP contribution in [0.15, 0.2) is 18.3 Å². The van der Waals surface area contributed by atoms with Crippen LogP contribution in [0.5, 0.6) is 0 Å². The maximum absolute atomic E-state index is 5.81. The second kappa shape index (κ2) is 5.65. The first-order chi connectivity index (χ1) is 7.81. The van der Waals surface area contributed by atoms with Gasteiger partial charge in [0.25, 0.3) is 0 Å². The maximum Gasteiger partial charge on any atom is 0.129 e. The molecule has 88 valence electrons. The van der Waals surface area contributed by atoms with Crippen molar-refractivity contribution in [2.75, 3.05) is 13.1 Å². The molecule has 1 saturated heterocycles. The third-order valence-electron chi connectivity index (χ3n) is 3.30. The third kappa shape index (κ3) is 2.74. The van der Waals surface area contributed by atoms with Crippen molar-refractivity contribution in [1.29, 1.82) is 0 Å². The van der Waals surface area contributed by atoms with Gasteiger partial charge in [-0.15, -0.1) is 0 Å². The van der Waals surface area contributed by atoms with E-state index >= 15 is 0 Å². The van der Waals surface area contributed by atoms with Gasteiger partial charge in [0, 0.05) is 12.2 Å². The Balaban J connectivity index is 2.04. The molecule has 0 aliphatic carbocycles. The zero-order chi connectivity index (χ0) is 11.4. The lowest BCUT2D eigenvalue weighted by molar-refractivity contribution is 0.253. The van der Waals surface area contributed by atoms with E-state index in [1.165, 1.54) is 44.3 Å². The zero-order valence-corrected chi connectivity index (χ0v) is 10.6. The first-order valence-corrected chi connectivity index (χ1v) is 6.54. The summed E-state index contributed by atoms with van der Waals surface area (Å²) in [5, 5.41) is 0.585. The van der Waals surface area contributed by atoms with Crippen LogP contribution in [0.25, 0.3) is 0 Å². The van der Waals surface area contributed by atoms with Crippen LogP contribution in [-0.2, 0) is 0 Å². The predicted octanol–water partition coefficient (Wildman–Crippen LogP) is 3.67. The van der Waals surface area contributed by atoms with Crippen LogP contribution in [0.2, 0.25) is 5.15 Å². The standard InChI is InChI=1S/C13H19ClN2/c1-2-3-8-16-9-4-5-12(16)11-6-7-13(14)15-10-11/h6-7,10,12H,2-5,8-9H2,1H3. The predicted molar refractivity (Wildman–Crippen MR) is 67.7 cm³/mol. The first kappa shape index (κ1) is 11.9. The van der Waals surface area contributed by atoms with Crippen LogP contribution in [0.1, 0.15) is 44.2 Å². The lowest BCUT2D eigenvalue weighted by atomic mass is 10.1. The van der Waals surface area contributed by atoms with Crippen molar-refractivity contribution in [1.82, 2.24) is 9.88 Å². The van der Waals surface area contributed by atoms with Crippen LogP contribution in [0.4, 0.5) is 0 Å². The minimum Gasteiger partial charge on any atom is -0.296 e. The van der Waals surface area contributed by atoms with Crippen molar-refractivity contribution >= 4 is 11.6 Å². The van der Waals surface area contributed by atoms with Gasteiger partial charge in [-0.25, -0.2) is 4.98 Å². The van der Waals surface area contributed by atoms with E-state index in [9.17, 15) is 0 Å². The Morgan fingerprint density at radius 1 is 1.50 bits per heavy atom. The number of aromatic nitrogens is 1. The number of halogens is 1. The molecule has 1 aliphatic heterocycles. The van der Waals surface area contributed by atoms with Crippen molar-refractivity contribution in [3.05, 3.63) is 29.0 Å². The topological polar surface area (TPSA) is 16.1 Å². The Morgan fingerprint density at radius 3 is 3.06 bits per heavy atom. The molecule has 0 radical (unpaired) electrons. The van der Waals surface area contributed by atoms with Crippen molar-refractivity contribution in [3.63, 3.8) is 0 Å². The smallest absolute Gasteiger partial charge is 0.129 e. The van der Waals surface area contributed by atoms with E-state index in [1.54, 1.807) is 0 Å². The van der Waals surface area contributed by atoms with Crippen LogP contribution in [0, 0.1) is 0 Å². The van der Waals surface area contributed by atoms with Crippen LogP contribution in [0.3, 0.4) is 0 Å². The van der Waals surface area contributed by atoms with Gasteiger partial charge < -0.3 is 0 Å². The molecular formula is C13H19ClN2. The molecule has 1 unspecified atom stereocenters. The van der Waals surface area contributed by atoms with E-state index in [4.69, 9.17) is 11.6 Å². The Morgan fingerprint density at radius 2 is 2.38 bits per heavy atom. The highest BCUT2D eigenvalue weighted by Gasteiger charge is 2.25. The molecule has 0 N–H and O–H groups in total. The molecule has 1 aromatic rings. The summed E-state index contributed by atoms with van der Waals surface area (Å²) in [6, 6.07) is 4.58. The summed E-state index contributed by atoms with van der Waals surface area (Å²) in [6.07, 6.45) is 7.04. The minimum absolute atomic E-state index is 0.566. The number of hydrogen-bond acceptors (Lipinski definition) is 2. The van der Waals surface area contributed by atoms with Crippen LogP contribution < -0.4 is 0 Å². The number of rotatable bonds is 4. The molecule has 3 heteroatoms. The summed E-state index contributed by atoms with van der Waals surface area (Å²) in [5.74, 6) is 0. The number of hydrogen-bond donors (Lipinski definition) is 0. The molecule has 0 aromatic carbocycles. The van der Waals surface area contributed by atoms with Gasteiger partial charge in [0.05, 0.1) is 0 Å². The summed E-state index contributed by atoms with van der Waals surface area (Å²) in [7, 11) is 0. The number of unbranched alkanes of at least 4 members (excludes halogenated alkanes) is 1. The van der Waals surface area contributed by atoms with Crippen LogP contribution >= 0.6 is 11.6 Å². The Hall–Kier alpha value is -0.600. The number of pyridine rings is 1. The highest BCUT2D eigenvalue weighted by molar-refractivity contribution is 6.29. The third-order valence-corrected chi connectivity index (χ3v) is 3.52. The zero-order valence-electron chi connectivity index (χ0n) is 9.82. The highest BCUT2D eigenvalue weighted by Crippen LogP contribution is 2.31. The highest BCUT2D eigenvalue weighted by atomic mass is 35.5. The minimum atomic E-state index is 0.566. The van der Waals surface area contributed by atoms with Gasteiger partial charge in [-0.3, -0.25) is 4.90 Å². The van der Waals surface area contributed by atoms with E-state index in [0.717, 1.165) is 0 Å². The van der Waals surface area contributed by atoms with E-state index < -0.39 is 0 Å². The average Bonchev–Trinajstić information content (AvgIpc) is 2.75. The summed E-state index contributed by atoms with van der Waals surface area (Å²) in [6.45, 7) is 4.69. The normalized spacial score (nSPS) is 21.5. The van der Waals surface area contributed by atoms with E-state index in [1.807, 2.05) is 12.3 Å². The molecule has 2 rings (SSSR count). The molecule has 2 nitrogen and oxygen atoms in total. The van der Waals surface area contributed by atoms with Crippen molar-refractivity contribution in [3.8, 4) is 0 Å². The van der Waals surface area contributed by atoms with Gasteiger partial charge in [0.2, 0.25) is 0 Å². The van der Waals surface area contributed by atoms with Gasteiger partial charge >= 0.3 is 0 Å². The molecule has 0 bridgehead atoms. The van der Waals surface area contributed by atoms with E-state index in [0.29, 0.717) is 11.2 Å². The second-order valence-electron chi connectivity index (χ2n) is 4.46. The largest absolute Gasteiger partial charge is 0.296 e. The van der Waals surface area contributed by atoms with Crippen molar-refractivity contribution in [2.24, 2.45) is 0 Å². The lowest BCUT2D eigenvalue weighted by Gasteiger charge is -2.24. The lowest BCUT2D eigenvalue weighted by Crippen LogP contribution is -2.24. The Labute approximate surface area is 103 Å². The molecule has 1 fully saturated rings. The fraction of sp³-hybridized carbons (Fsp3) is 0.615. The average molecular weight is 239 g/mol. The fourth-order valence-electron chi connectivity index (χ4n) is 2.42. The molecule has 0 amide bonds. The molecular weight excluding hydrogens is 220 g/mol. The van der Waals surface area contributed by atoms with Crippen molar-refractivity contribution in [2.45, 2.75) is 38.6 Å². The maximum atomic E-state index is 5.81. The Kier molecular flexibility index (Phi) is 4.19. The van der Waals surface area contributed by atoms with Gasteiger partial charge in [0.15, 0.2) is 0 Å². The first-order valence-electron chi connectivity index (χ1n) is 6.16. The summed E-state index contributed by atoms with van der Waals surface area (Å²) in [4.78, 5) is 6.75. The number of nitrogens with zero attached hydrogens (tertiary/aromatic N) is 2. The molecule has 1 aromatic heterocycles. The Bertz CT molecular complexity index is 323. The monoisotopic (exact) mass is 238 g/mol. The van der Waals surface area contributed by atoms with E-state index in [2.05, 4.69) is 22.9 Å². The van der Waals surface area contributed by atoms with Gasteiger partial charge in [-0.1, -0.05) is 31.0 Å². The molecule has 16 heavy (non-hydrogen) atoms. The van der Waals surface area contributed by atoms with E-state index in [-0.39, 0.29) is 0 Å². The fourth-order valence-corrected chi connectivity index (χ4v) is 2.53. The summed E-state index contributed by atoms with van der Waals surface area (Å²) < 4.78 is 0.